The number of phenols is 1. The molecule has 0 saturated carbocycles. The summed E-state index contributed by atoms with van der Waals surface area (Å²) in [4.78, 5) is 11.5. The summed E-state index contributed by atoms with van der Waals surface area (Å²) in [7, 11) is 2.99. The third-order valence-electron chi connectivity index (χ3n) is 3.31. The Hall–Kier alpha value is -1.71. The zero-order valence-corrected chi connectivity index (χ0v) is 10.0. The highest BCUT2D eigenvalue weighted by Crippen LogP contribution is 2.37. The van der Waals surface area contributed by atoms with Gasteiger partial charge in [-0.25, -0.2) is 0 Å². The smallest absolute Gasteiger partial charge is 0.309 e. The predicted molar refractivity (Wildman–Crippen MR) is 62.2 cm³/mol. The van der Waals surface area contributed by atoms with Gasteiger partial charge in [0.25, 0.3) is 0 Å². The summed E-state index contributed by atoms with van der Waals surface area (Å²) in [5.41, 5.74) is 1.82. The molecule has 1 aliphatic carbocycles. The van der Waals surface area contributed by atoms with Gasteiger partial charge in [-0.05, 0) is 31.4 Å². The molecule has 0 spiro atoms. The van der Waals surface area contributed by atoms with Crippen LogP contribution in [0, 0.1) is 5.92 Å². The van der Waals surface area contributed by atoms with E-state index in [4.69, 9.17) is 9.47 Å². The van der Waals surface area contributed by atoms with E-state index in [-0.39, 0.29) is 17.6 Å². The largest absolute Gasteiger partial charge is 0.508 e. The van der Waals surface area contributed by atoms with Crippen LogP contribution in [0.4, 0.5) is 0 Å². The summed E-state index contributed by atoms with van der Waals surface area (Å²) in [6, 6.07) is 3.37. The third-order valence-corrected chi connectivity index (χ3v) is 3.31. The van der Waals surface area contributed by atoms with Crippen molar-refractivity contribution in [3.63, 3.8) is 0 Å². The van der Waals surface area contributed by atoms with Crippen LogP contribution in [0.1, 0.15) is 17.5 Å². The van der Waals surface area contributed by atoms with E-state index in [0.29, 0.717) is 19.3 Å². The van der Waals surface area contributed by atoms with E-state index in [9.17, 15) is 9.90 Å². The van der Waals surface area contributed by atoms with E-state index in [1.165, 1.54) is 7.11 Å². The van der Waals surface area contributed by atoms with E-state index in [2.05, 4.69) is 0 Å². The van der Waals surface area contributed by atoms with Crippen LogP contribution in [-0.4, -0.2) is 25.3 Å². The van der Waals surface area contributed by atoms with Gasteiger partial charge in [-0.1, -0.05) is 0 Å². The number of esters is 1. The van der Waals surface area contributed by atoms with E-state index in [1.54, 1.807) is 19.2 Å². The maximum Gasteiger partial charge on any atom is 0.309 e. The molecular formula is C13H16O4. The lowest BCUT2D eigenvalue weighted by molar-refractivity contribution is -0.145. The van der Waals surface area contributed by atoms with Gasteiger partial charge in [-0.3, -0.25) is 4.79 Å². The van der Waals surface area contributed by atoms with Crippen LogP contribution >= 0.6 is 0 Å². The molecule has 17 heavy (non-hydrogen) atoms. The van der Waals surface area contributed by atoms with Crippen LogP contribution in [0.15, 0.2) is 12.1 Å². The zero-order valence-electron chi connectivity index (χ0n) is 10.0. The Bertz CT molecular complexity index is 439. The minimum Gasteiger partial charge on any atom is -0.508 e. The molecule has 4 heteroatoms. The fraction of sp³-hybridized carbons (Fsp3) is 0.462. The van der Waals surface area contributed by atoms with Gasteiger partial charge in [-0.15, -0.1) is 0 Å². The lowest BCUT2D eigenvalue weighted by Gasteiger charge is -2.25. The van der Waals surface area contributed by atoms with Crippen molar-refractivity contribution in [3.05, 3.63) is 23.3 Å². The number of benzene rings is 1. The van der Waals surface area contributed by atoms with Crippen LogP contribution in [0.25, 0.3) is 0 Å². The van der Waals surface area contributed by atoms with Gasteiger partial charge >= 0.3 is 5.97 Å². The quantitative estimate of drug-likeness (QED) is 0.794. The summed E-state index contributed by atoms with van der Waals surface area (Å²) >= 11 is 0. The Labute approximate surface area is 100 Å². The standard InChI is InChI=1S/C13H16O4/c1-16-12-6-5-11(14)9-4-3-8(7-10(9)12)13(15)17-2/h5-6,8,14H,3-4,7H2,1-2H3. The Morgan fingerprint density at radius 3 is 2.76 bits per heavy atom. The Kier molecular flexibility index (Phi) is 3.22. The molecule has 0 saturated heterocycles. The minimum atomic E-state index is -0.193. The van der Waals surface area contributed by atoms with Crippen molar-refractivity contribution in [3.8, 4) is 11.5 Å². The molecule has 1 unspecified atom stereocenters. The first-order chi connectivity index (χ1) is 8.17. The van der Waals surface area contributed by atoms with Gasteiger partial charge in [0.2, 0.25) is 0 Å². The van der Waals surface area contributed by atoms with Crippen LogP contribution < -0.4 is 4.74 Å². The highest BCUT2D eigenvalue weighted by molar-refractivity contribution is 5.73. The summed E-state index contributed by atoms with van der Waals surface area (Å²) in [6.45, 7) is 0. The van der Waals surface area contributed by atoms with Crippen molar-refractivity contribution >= 4 is 5.97 Å². The zero-order chi connectivity index (χ0) is 12.4. The lowest BCUT2D eigenvalue weighted by atomic mass is 9.83. The van der Waals surface area contributed by atoms with Gasteiger partial charge in [0.15, 0.2) is 0 Å². The van der Waals surface area contributed by atoms with E-state index >= 15 is 0 Å². The van der Waals surface area contributed by atoms with Gasteiger partial charge in [0.05, 0.1) is 20.1 Å². The SMILES string of the molecule is COC(=O)C1CCc2c(O)ccc(OC)c2C1. The molecule has 4 nitrogen and oxygen atoms in total. The number of rotatable bonds is 2. The average Bonchev–Trinajstić information content (AvgIpc) is 2.38. The molecule has 0 amide bonds. The first kappa shape index (κ1) is 11.8. The average molecular weight is 236 g/mol. The molecule has 0 bridgehead atoms. The normalized spacial score (nSPS) is 18.4. The van der Waals surface area contributed by atoms with Gasteiger partial charge in [0, 0.05) is 11.1 Å². The molecular weight excluding hydrogens is 220 g/mol. The number of aromatic hydroxyl groups is 1. The van der Waals surface area contributed by atoms with Crippen molar-refractivity contribution in [2.45, 2.75) is 19.3 Å². The molecule has 1 aliphatic rings. The first-order valence-electron chi connectivity index (χ1n) is 5.63. The summed E-state index contributed by atoms with van der Waals surface area (Å²) in [5, 5.41) is 9.79. The topological polar surface area (TPSA) is 55.8 Å². The third kappa shape index (κ3) is 2.07. The molecule has 1 N–H and O–H groups in total. The van der Waals surface area contributed by atoms with E-state index < -0.39 is 0 Å². The predicted octanol–water partition coefficient (Wildman–Crippen LogP) is 1.68. The highest BCUT2D eigenvalue weighted by Gasteiger charge is 2.28. The van der Waals surface area contributed by atoms with Crippen LogP contribution in [0.2, 0.25) is 0 Å². The molecule has 0 aromatic heterocycles. The molecule has 0 fully saturated rings. The van der Waals surface area contributed by atoms with E-state index in [0.717, 1.165) is 16.9 Å². The molecule has 1 aromatic rings. The van der Waals surface area contributed by atoms with Gasteiger partial charge < -0.3 is 14.6 Å². The van der Waals surface area contributed by atoms with Crippen molar-refractivity contribution in [2.24, 2.45) is 5.92 Å². The summed E-state index contributed by atoms with van der Waals surface area (Å²) in [5.74, 6) is 0.680. The molecule has 1 atom stereocenters. The van der Waals surface area contributed by atoms with Crippen molar-refractivity contribution < 1.29 is 19.4 Å². The second-order valence-electron chi connectivity index (χ2n) is 4.21. The Morgan fingerprint density at radius 1 is 1.35 bits per heavy atom. The maximum atomic E-state index is 11.5. The van der Waals surface area contributed by atoms with Crippen LogP contribution in [0.5, 0.6) is 11.5 Å². The first-order valence-corrected chi connectivity index (χ1v) is 5.63. The molecule has 2 rings (SSSR count). The second-order valence-corrected chi connectivity index (χ2v) is 4.21. The van der Waals surface area contributed by atoms with Crippen molar-refractivity contribution in [1.29, 1.82) is 0 Å². The fourth-order valence-corrected chi connectivity index (χ4v) is 2.39. The molecule has 0 aliphatic heterocycles. The monoisotopic (exact) mass is 236 g/mol. The van der Waals surface area contributed by atoms with Crippen LogP contribution in [0.3, 0.4) is 0 Å². The fourth-order valence-electron chi connectivity index (χ4n) is 2.39. The number of methoxy groups -OCH3 is 2. The molecule has 0 radical (unpaired) electrons. The minimum absolute atomic E-state index is 0.136. The lowest BCUT2D eigenvalue weighted by Crippen LogP contribution is -2.24. The number of fused-ring (bicyclic) bond motifs is 1. The number of carbonyl (C=O) groups excluding carboxylic acids is 1. The Balaban J connectivity index is 2.35. The number of hydrogen-bond donors (Lipinski definition) is 1. The van der Waals surface area contributed by atoms with Crippen LogP contribution in [-0.2, 0) is 22.4 Å². The number of ether oxygens (including phenoxy) is 2. The second kappa shape index (κ2) is 4.65. The van der Waals surface area contributed by atoms with Crippen molar-refractivity contribution in [2.75, 3.05) is 14.2 Å². The summed E-state index contributed by atoms with van der Waals surface area (Å²) < 4.78 is 10.0. The van der Waals surface area contributed by atoms with Crippen molar-refractivity contribution in [1.82, 2.24) is 0 Å². The number of carbonyl (C=O) groups is 1. The number of phenolic OH excluding ortho intramolecular Hbond substituents is 1. The van der Waals surface area contributed by atoms with Gasteiger partial charge in [-0.2, -0.15) is 0 Å². The summed E-state index contributed by atoms with van der Waals surface area (Å²) in [6.07, 6.45) is 1.96. The molecule has 1 aromatic carbocycles. The van der Waals surface area contributed by atoms with E-state index in [1.807, 2.05) is 0 Å². The number of hydrogen-bond acceptors (Lipinski definition) is 4. The molecule has 92 valence electrons. The highest BCUT2D eigenvalue weighted by atomic mass is 16.5. The van der Waals surface area contributed by atoms with Gasteiger partial charge in [0.1, 0.15) is 11.5 Å². The Morgan fingerprint density at radius 2 is 2.12 bits per heavy atom. The molecule has 0 heterocycles. The maximum absolute atomic E-state index is 11.5.